The summed E-state index contributed by atoms with van der Waals surface area (Å²) in [4.78, 5) is 30.0. The van der Waals surface area contributed by atoms with Gasteiger partial charge in [0.15, 0.2) is 0 Å². The van der Waals surface area contributed by atoms with Crippen LogP contribution in [0.5, 0.6) is 11.6 Å². The molecule has 1 aliphatic heterocycles. The van der Waals surface area contributed by atoms with Gasteiger partial charge in [-0.25, -0.2) is 4.79 Å². The van der Waals surface area contributed by atoms with E-state index in [1.165, 1.54) is 7.11 Å². The molecular formula is C24H26N4O5. The predicted molar refractivity (Wildman–Crippen MR) is 125 cm³/mol. The molecule has 0 aliphatic carbocycles. The summed E-state index contributed by atoms with van der Waals surface area (Å²) in [5, 5.41) is 5.52. The van der Waals surface area contributed by atoms with Crippen LogP contribution in [-0.2, 0) is 9.53 Å². The quantitative estimate of drug-likeness (QED) is 0.508. The number of carbonyl (C=O) groups excluding carboxylic acids is 2. The van der Waals surface area contributed by atoms with Crippen LogP contribution in [0.15, 0.2) is 60.7 Å². The van der Waals surface area contributed by atoms with E-state index in [-0.39, 0.29) is 12.5 Å². The zero-order chi connectivity index (χ0) is 23.0. The van der Waals surface area contributed by atoms with Gasteiger partial charge in [0.2, 0.25) is 11.8 Å². The normalized spacial score (nSPS) is 13.8. The third-order valence-corrected chi connectivity index (χ3v) is 5.14. The summed E-state index contributed by atoms with van der Waals surface area (Å²) < 4.78 is 16.0. The smallest absolute Gasteiger partial charge is 0.418 e. The van der Waals surface area contributed by atoms with Crippen molar-refractivity contribution >= 4 is 23.4 Å². The molecule has 1 aliphatic rings. The Balaban J connectivity index is 1.37. The van der Waals surface area contributed by atoms with E-state index in [2.05, 4.69) is 15.6 Å². The van der Waals surface area contributed by atoms with Crippen molar-refractivity contribution in [1.29, 1.82) is 0 Å². The number of anilines is 2. The monoisotopic (exact) mass is 450 g/mol. The molecule has 9 nitrogen and oxygen atoms in total. The molecule has 2 amide bonds. The van der Waals surface area contributed by atoms with Crippen molar-refractivity contribution in [3.05, 3.63) is 60.7 Å². The van der Waals surface area contributed by atoms with Gasteiger partial charge in [0.05, 0.1) is 32.6 Å². The number of morpholine rings is 1. The predicted octanol–water partition coefficient (Wildman–Crippen LogP) is 3.57. The number of H-pyrrole nitrogens is 1. The molecule has 3 N–H and O–H groups in total. The number of amides is 2. The minimum Gasteiger partial charge on any atom is -0.495 e. The summed E-state index contributed by atoms with van der Waals surface area (Å²) in [6, 6.07) is 18.2. The lowest BCUT2D eigenvalue weighted by molar-refractivity contribution is -0.118. The highest BCUT2D eigenvalue weighted by Gasteiger charge is 2.16. The number of hydrogen-bond donors (Lipinski definition) is 3. The van der Waals surface area contributed by atoms with Crippen LogP contribution in [0.1, 0.15) is 0 Å². The molecule has 0 radical (unpaired) electrons. The van der Waals surface area contributed by atoms with Crippen molar-refractivity contribution in [3.63, 3.8) is 0 Å². The van der Waals surface area contributed by atoms with Gasteiger partial charge in [-0.1, -0.05) is 30.3 Å². The number of rotatable bonds is 7. The van der Waals surface area contributed by atoms with Crippen molar-refractivity contribution in [2.75, 3.05) is 50.6 Å². The minimum absolute atomic E-state index is 0.172. The Kier molecular flexibility index (Phi) is 7.23. The van der Waals surface area contributed by atoms with E-state index < -0.39 is 6.09 Å². The van der Waals surface area contributed by atoms with Crippen molar-refractivity contribution in [2.24, 2.45) is 0 Å². The summed E-state index contributed by atoms with van der Waals surface area (Å²) in [5.74, 6) is 0.634. The summed E-state index contributed by atoms with van der Waals surface area (Å²) in [5.41, 5.74) is 2.74. The molecule has 2 heterocycles. The Morgan fingerprint density at radius 2 is 1.82 bits per heavy atom. The number of aromatic nitrogens is 1. The van der Waals surface area contributed by atoms with Gasteiger partial charge in [-0.3, -0.25) is 15.0 Å². The van der Waals surface area contributed by atoms with Gasteiger partial charge in [0.1, 0.15) is 5.75 Å². The lowest BCUT2D eigenvalue weighted by Crippen LogP contribution is -2.41. The van der Waals surface area contributed by atoms with E-state index in [1.807, 2.05) is 41.3 Å². The Morgan fingerprint density at radius 3 is 2.58 bits per heavy atom. The standard InChI is InChI=1S/C24H26N4O5/c1-31-21-9-7-18(15-20(21)26-22(29)16-28-11-13-32-14-12-28)25-24(30)33-23-10-8-19(27-23)17-5-3-2-4-6-17/h2-10,15,27H,11-14,16H2,1H3,(H,25,30)(H,26,29). The van der Waals surface area contributed by atoms with Crippen molar-refractivity contribution in [1.82, 2.24) is 9.88 Å². The number of carbonyl (C=O) groups is 2. The van der Waals surface area contributed by atoms with E-state index in [1.54, 1.807) is 24.3 Å². The Hall–Kier alpha value is -3.82. The largest absolute Gasteiger partial charge is 0.495 e. The lowest BCUT2D eigenvalue weighted by atomic mass is 10.2. The minimum atomic E-state index is -0.660. The molecule has 1 saturated heterocycles. The maximum atomic E-state index is 12.5. The van der Waals surface area contributed by atoms with Crippen LogP contribution in [0.2, 0.25) is 0 Å². The third kappa shape index (κ3) is 6.12. The second-order valence-electron chi connectivity index (χ2n) is 7.47. The van der Waals surface area contributed by atoms with Gasteiger partial charge >= 0.3 is 6.09 Å². The SMILES string of the molecule is COc1ccc(NC(=O)Oc2ccc(-c3ccccc3)[nH]2)cc1NC(=O)CN1CCOCC1. The summed E-state index contributed by atoms with van der Waals surface area (Å²) >= 11 is 0. The highest BCUT2D eigenvalue weighted by atomic mass is 16.6. The Labute approximate surface area is 191 Å². The van der Waals surface area contributed by atoms with Crippen LogP contribution in [0.4, 0.5) is 16.2 Å². The first-order chi connectivity index (χ1) is 16.1. The fraction of sp³-hybridized carbons (Fsp3) is 0.250. The molecule has 172 valence electrons. The third-order valence-electron chi connectivity index (χ3n) is 5.14. The lowest BCUT2D eigenvalue weighted by Gasteiger charge is -2.26. The van der Waals surface area contributed by atoms with E-state index >= 15 is 0 Å². The molecule has 2 aromatic carbocycles. The molecule has 9 heteroatoms. The maximum Gasteiger partial charge on any atom is 0.418 e. The number of nitrogens with zero attached hydrogens (tertiary/aromatic N) is 1. The van der Waals surface area contributed by atoms with Crippen molar-refractivity contribution in [3.8, 4) is 22.9 Å². The summed E-state index contributed by atoms with van der Waals surface area (Å²) in [7, 11) is 1.52. The molecule has 1 aromatic heterocycles. The number of ether oxygens (including phenoxy) is 3. The van der Waals surface area contributed by atoms with Crippen molar-refractivity contribution in [2.45, 2.75) is 0 Å². The first-order valence-corrected chi connectivity index (χ1v) is 10.6. The zero-order valence-corrected chi connectivity index (χ0v) is 18.3. The van der Waals surface area contributed by atoms with Crippen LogP contribution in [0.25, 0.3) is 11.3 Å². The first kappa shape index (κ1) is 22.4. The number of benzene rings is 2. The van der Waals surface area contributed by atoms with Gasteiger partial charge in [0.25, 0.3) is 0 Å². The fourth-order valence-corrected chi connectivity index (χ4v) is 3.50. The van der Waals surface area contributed by atoms with E-state index in [4.69, 9.17) is 14.2 Å². The maximum absolute atomic E-state index is 12.5. The molecule has 0 saturated carbocycles. The van der Waals surface area contributed by atoms with Gasteiger partial charge in [-0.05, 0) is 29.8 Å². The molecule has 33 heavy (non-hydrogen) atoms. The fourth-order valence-electron chi connectivity index (χ4n) is 3.50. The zero-order valence-electron chi connectivity index (χ0n) is 18.3. The van der Waals surface area contributed by atoms with Gasteiger partial charge in [-0.15, -0.1) is 0 Å². The molecule has 0 atom stereocenters. The second-order valence-corrected chi connectivity index (χ2v) is 7.47. The number of aromatic amines is 1. The molecule has 0 unspecified atom stereocenters. The van der Waals surface area contributed by atoms with Crippen LogP contribution in [0.3, 0.4) is 0 Å². The second kappa shape index (κ2) is 10.7. The van der Waals surface area contributed by atoms with Crippen LogP contribution < -0.4 is 20.1 Å². The Morgan fingerprint density at radius 1 is 1.03 bits per heavy atom. The molecule has 0 spiro atoms. The Bertz CT molecular complexity index is 1090. The van der Waals surface area contributed by atoms with Gasteiger partial charge in [-0.2, -0.15) is 0 Å². The molecule has 1 fully saturated rings. The van der Waals surface area contributed by atoms with Gasteiger partial charge < -0.3 is 24.5 Å². The molecule has 4 rings (SSSR count). The van der Waals surface area contributed by atoms with Crippen molar-refractivity contribution < 1.29 is 23.8 Å². The molecule has 3 aromatic rings. The average molecular weight is 450 g/mol. The summed E-state index contributed by atoms with van der Waals surface area (Å²) in [6.07, 6.45) is -0.660. The first-order valence-electron chi connectivity index (χ1n) is 10.6. The number of methoxy groups -OCH3 is 1. The summed E-state index contributed by atoms with van der Waals surface area (Å²) in [6.45, 7) is 2.91. The molecular weight excluding hydrogens is 424 g/mol. The van der Waals surface area contributed by atoms with Crippen LogP contribution >= 0.6 is 0 Å². The van der Waals surface area contributed by atoms with Crippen LogP contribution in [0, 0.1) is 0 Å². The van der Waals surface area contributed by atoms with Crippen LogP contribution in [-0.4, -0.2) is 61.8 Å². The highest BCUT2D eigenvalue weighted by molar-refractivity contribution is 5.95. The molecule has 0 bridgehead atoms. The van der Waals surface area contributed by atoms with E-state index in [0.717, 1.165) is 11.3 Å². The van der Waals surface area contributed by atoms with E-state index in [9.17, 15) is 9.59 Å². The number of nitrogens with one attached hydrogen (secondary N) is 3. The van der Waals surface area contributed by atoms with E-state index in [0.29, 0.717) is 49.3 Å². The number of hydrogen-bond acceptors (Lipinski definition) is 6. The average Bonchev–Trinajstić information content (AvgIpc) is 3.29. The van der Waals surface area contributed by atoms with Gasteiger partial charge in [0, 0.05) is 30.5 Å². The highest BCUT2D eigenvalue weighted by Crippen LogP contribution is 2.28. The topological polar surface area (TPSA) is 105 Å².